The molecule has 1 aromatic rings. The van der Waals surface area contributed by atoms with Crippen LogP contribution in [0.2, 0.25) is 5.02 Å². The first kappa shape index (κ1) is 18.5. The van der Waals surface area contributed by atoms with Gasteiger partial charge in [-0.3, -0.25) is 14.9 Å². The van der Waals surface area contributed by atoms with Gasteiger partial charge in [-0.15, -0.1) is 0 Å². The lowest BCUT2D eigenvalue weighted by Gasteiger charge is -2.26. The van der Waals surface area contributed by atoms with Crippen LogP contribution in [0.3, 0.4) is 0 Å². The van der Waals surface area contributed by atoms with E-state index < -0.39 is 14.8 Å². The van der Waals surface area contributed by atoms with E-state index in [0.717, 1.165) is 6.07 Å². The number of benzene rings is 1. The number of sulfone groups is 1. The van der Waals surface area contributed by atoms with E-state index in [-0.39, 0.29) is 46.5 Å². The third-order valence-corrected chi connectivity index (χ3v) is 5.83. The van der Waals surface area contributed by atoms with Crippen LogP contribution in [0.15, 0.2) is 18.2 Å². The van der Waals surface area contributed by atoms with Gasteiger partial charge in [0.2, 0.25) is 0 Å². The van der Waals surface area contributed by atoms with Gasteiger partial charge in [-0.05, 0) is 19.4 Å². The Bertz CT molecular complexity index is 752. The Hall–Kier alpha value is -1.87. The number of ether oxygens (including phenoxy) is 1. The molecule has 0 N–H and O–H groups in total. The van der Waals surface area contributed by atoms with Crippen molar-refractivity contribution in [3.8, 4) is 5.75 Å². The topological polar surface area (TPSA) is 107 Å². The van der Waals surface area contributed by atoms with Crippen molar-refractivity contribution in [2.75, 3.05) is 24.7 Å². The zero-order valence-electron chi connectivity index (χ0n) is 13.0. The van der Waals surface area contributed by atoms with Crippen LogP contribution in [-0.4, -0.2) is 54.8 Å². The van der Waals surface area contributed by atoms with E-state index in [9.17, 15) is 23.3 Å². The normalized spacial score (nSPS) is 19.0. The molecule has 1 fully saturated rings. The van der Waals surface area contributed by atoms with E-state index in [2.05, 4.69) is 0 Å². The molecule has 24 heavy (non-hydrogen) atoms. The van der Waals surface area contributed by atoms with E-state index in [1.54, 1.807) is 6.92 Å². The smallest absolute Gasteiger partial charge is 0.271 e. The standard InChI is InChI=1S/C14H17ClN2O6S/c1-2-16(11-5-6-24(21,22)9-11)14(18)8-23-13-4-3-10(17(19)20)7-12(13)15/h3-4,7,11H,2,5-6,8-9H2,1H3/t11-/m1/s1. The number of carbonyl (C=O) groups is 1. The summed E-state index contributed by atoms with van der Waals surface area (Å²) in [5.74, 6) is -0.152. The Kier molecular flexibility index (Phi) is 5.66. The number of nitro benzene ring substituents is 1. The summed E-state index contributed by atoms with van der Waals surface area (Å²) in [5, 5.41) is 10.7. The molecule has 0 aromatic heterocycles. The van der Waals surface area contributed by atoms with Gasteiger partial charge in [0.15, 0.2) is 16.4 Å². The average molecular weight is 377 g/mol. The maximum Gasteiger partial charge on any atom is 0.271 e. The van der Waals surface area contributed by atoms with Crippen molar-refractivity contribution in [2.24, 2.45) is 0 Å². The number of hydrogen-bond donors (Lipinski definition) is 0. The highest BCUT2D eigenvalue weighted by molar-refractivity contribution is 7.91. The molecule has 1 aromatic carbocycles. The molecule has 0 spiro atoms. The summed E-state index contributed by atoms with van der Waals surface area (Å²) in [7, 11) is -3.09. The van der Waals surface area contributed by atoms with Crippen molar-refractivity contribution < 1.29 is 22.9 Å². The van der Waals surface area contributed by atoms with Crippen LogP contribution in [0.25, 0.3) is 0 Å². The van der Waals surface area contributed by atoms with Gasteiger partial charge < -0.3 is 9.64 Å². The molecule has 1 aliphatic rings. The quantitative estimate of drug-likeness (QED) is 0.552. The summed E-state index contributed by atoms with van der Waals surface area (Å²) >= 11 is 5.90. The number of carbonyl (C=O) groups excluding carboxylic acids is 1. The van der Waals surface area contributed by atoms with Crippen LogP contribution < -0.4 is 4.74 Å². The number of likely N-dealkylation sites (N-methyl/N-ethyl adjacent to an activating group) is 1. The van der Waals surface area contributed by atoms with Crippen molar-refractivity contribution in [1.29, 1.82) is 0 Å². The fraction of sp³-hybridized carbons (Fsp3) is 0.500. The predicted molar refractivity (Wildman–Crippen MR) is 88.0 cm³/mol. The van der Waals surface area contributed by atoms with Gasteiger partial charge in [-0.2, -0.15) is 0 Å². The molecule has 0 bridgehead atoms. The van der Waals surface area contributed by atoms with E-state index in [0.29, 0.717) is 13.0 Å². The second kappa shape index (κ2) is 7.35. The van der Waals surface area contributed by atoms with Crippen molar-refractivity contribution in [1.82, 2.24) is 4.90 Å². The highest BCUT2D eigenvalue weighted by atomic mass is 35.5. The predicted octanol–water partition coefficient (Wildman–Crippen LogP) is 1.66. The Labute approximate surface area is 144 Å². The zero-order chi connectivity index (χ0) is 17.9. The van der Waals surface area contributed by atoms with E-state index in [4.69, 9.17) is 16.3 Å². The van der Waals surface area contributed by atoms with Crippen LogP contribution in [-0.2, 0) is 14.6 Å². The van der Waals surface area contributed by atoms with Crippen molar-refractivity contribution in [3.63, 3.8) is 0 Å². The lowest BCUT2D eigenvalue weighted by molar-refractivity contribution is -0.384. The molecule has 0 radical (unpaired) electrons. The number of amides is 1. The second-order valence-corrected chi connectivity index (χ2v) is 8.03. The highest BCUT2D eigenvalue weighted by Gasteiger charge is 2.34. The summed E-state index contributed by atoms with van der Waals surface area (Å²) in [6.07, 6.45) is 0.417. The lowest BCUT2D eigenvalue weighted by atomic mass is 10.2. The Morgan fingerprint density at radius 3 is 2.71 bits per heavy atom. The van der Waals surface area contributed by atoms with E-state index in [1.807, 2.05) is 0 Å². The van der Waals surface area contributed by atoms with Gasteiger partial charge in [-0.25, -0.2) is 8.42 Å². The number of non-ortho nitro benzene ring substituents is 1. The molecular formula is C14H17ClN2O6S. The van der Waals surface area contributed by atoms with E-state index >= 15 is 0 Å². The molecule has 10 heteroatoms. The third-order valence-electron chi connectivity index (χ3n) is 3.79. The molecular weight excluding hydrogens is 360 g/mol. The first-order valence-corrected chi connectivity index (χ1v) is 9.50. The van der Waals surface area contributed by atoms with E-state index in [1.165, 1.54) is 17.0 Å². The molecule has 0 unspecified atom stereocenters. The minimum Gasteiger partial charge on any atom is -0.482 e. The van der Waals surface area contributed by atoms with Gasteiger partial charge in [0.25, 0.3) is 11.6 Å². The fourth-order valence-corrected chi connectivity index (χ4v) is 4.56. The van der Waals surface area contributed by atoms with Crippen molar-refractivity contribution in [3.05, 3.63) is 33.3 Å². The number of hydrogen-bond acceptors (Lipinski definition) is 6. The molecule has 1 saturated heterocycles. The number of halogens is 1. The molecule has 1 atom stereocenters. The summed E-state index contributed by atoms with van der Waals surface area (Å²) in [6.45, 7) is 1.82. The van der Waals surface area contributed by atoms with Crippen LogP contribution >= 0.6 is 11.6 Å². The minimum absolute atomic E-state index is 0.0310. The molecule has 0 aliphatic carbocycles. The minimum atomic E-state index is -3.09. The molecule has 1 heterocycles. The molecule has 1 aliphatic heterocycles. The Morgan fingerprint density at radius 1 is 1.50 bits per heavy atom. The zero-order valence-corrected chi connectivity index (χ0v) is 14.5. The van der Waals surface area contributed by atoms with Gasteiger partial charge in [0.05, 0.1) is 21.5 Å². The van der Waals surface area contributed by atoms with Gasteiger partial charge in [0, 0.05) is 24.7 Å². The molecule has 2 rings (SSSR count). The molecule has 1 amide bonds. The largest absolute Gasteiger partial charge is 0.482 e. The van der Waals surface area contributed by atoms with Crippen molar-refractivity contribution in [2.45, 2.75) is 19.4 Å². The van der Waals surface area contributed by atoms with Crippen LogP contribution in [0, 0.1) is 10.1 Å². The number of nitrogens with zero attached hydrogens (tertiary/aromatic N) is 2. The summed E-state index contributed by atoms with van der Waals surface area (Å²) in [4.78, 5) is 23.8. The first-order valence-electron chi connectivity index (χ1n) is 7.30. The van der Waals surface area contributed by atoms with Gasteiger partial charge >= 0.3 is 0 Å². The van der Waals surface area contributed by atoms with Gasteiger partial charge in [-0.1, -0.05) is 11.6 Å². The summed E-state index contributed by atoms with van der Waals surface area (Å²) in [5.41, 5.74) is -0.176. The lowest BCUT2D eigenvalue weighted by Crippen LogP contribution is -2.43. The highest BCUT2D eigenvalue weighted by Crippen LogP contribution is 2.28. The maximum atomic E-state index is 12.3. The second-order valence-electron chi connectivity index (χ2n) is 5.40. The third kappa shape index (κ3) is 4.35. The summed E-state index contributed by atoms with van der Waals surface area (Å²) < 4.78 is 28.4. The number of rotatable bonds is 6. The average Bonchev–Trinajstić information content (AvgIpc) is 2.86. The Morgan fingerprint density at radius 2 is 2.21 bits per heavy atom. The van der Waals surface area contributed by atoms with Crippen LogP contribution in [0.1, 0.15) is 13.3 Å². The summed E-state index contributed by atoms with van der Waals surface area (Å²) in [6, 6.07) is 3.35. The monoisotopic (exact) mass is 376 g/mol. The Balaban J connectivity index is 2.00. The van der Waals surface area contributed by atoms with Crippen LogP contribution in [0.5, 0.6) is 5.75 Å². The van der Waals surface area contributed by atoms with Crippen LogP contribution in [0.4, 0.5) is 5.69 Å². The SMILES string of the molecule is CCN(C(=O)COc1ccc([N+](=O)[O-])cc1Cl)[C@@H]1CCS(=O)(=O)C1. The molecule has 0 saturated carbocycles. The van der Waals surface area contributed by atoms with Gasteiger partial charge in [0.1, 0.15) is 5.75 Å². The fourth-order valence-electron chi connectivity index (χ4n) is 2.60. The maximum absolute atomic E-state index is 12.3. The molecule has 8 nitrogen and oxygen atoms in total. The van der Waals surface area contributed by atoms with Crippen molar-refractivity contribution >= 4 is 33.0 Å². The number of nitro groups is 1. The molecule has 132 valence electrons. The first-order chi connectivity index (χ1) is 11.2.